The molecular formula is C28H34N4O4S. The third-order valence-electron chi connectivity index (χ3n) is 5.98. The number of rotatable bonds is 10. The van der Waals surface area contributed by atoms with Crippen LogP contribution in [0.4, 0.5) is 5.95 Å². The smallest absolute Gasteiger partial charge is 0.338 e. The number of benzene rings is 2. The molecule has 0 amide bonds. The van der Waals surface area contributed by atoms with Gasteiger partial charge in [-0.15, -0.1) is 5.10 Å². The van der Waals surface area contributed by atoms with E-state index in [1.807, 2.05) is 57.2 Å². The Bertz CT molecular complexity index is 1300. The van der Waals surface area contributed by atoms with Gasteiger partial charge in [-0.2, -0.15) is 4.98 Å². The minimum Gasteiger partial charge on any atom is -0.493 e. The summed E-state index contributed by atoms with van der Waals surface area (Å²) in [6.45, 7) is 10.1. The Morgan fingerprint density at radius 1 is 1.16 bits per heavy atom. The van der Waals surface area contributed by atoms with Gasteiger partial charge in [0.15, 0.2) is 11.5 Å². The van der Waals surface area contributed by atoms with E-state index in [-0.39, 0.29) is 6.10 Å². The summed E-state index contributed by atoms with van der Waals surface area (Å²) < 4.78 is 19.2. The van der Waals surface area contributed by atoms with Crippen LogP contribution in [0, 0.1) is 6.92 Å². The average molecular weight is 523 g/mol. The van der Waals surface area contributed by atoms with Gasteiger partial charge in [-0.05, 0) is 62.9 Å². The lowest BCUT2D eigenvalue weighted by molar-refractivity contribution is -0.143. The number of ether oxygens (including phenoxy) is 3. The molecule has 0 saturated heterocycles. The second-order valence-corrected chi connectivity index (χ2v) is 10.2. The van der Waals surface area contributed by atoms with Gasteiger partial charge in [0.1, 0.15) is 12.6 Å². The Morgan fingerprint density at radius 3 is 2.65 bits per heavy atom. The molecule has 3 aromatic rings. The van der Waals surface area contributed by atoms with Crippen LogP contribution in [-0.4, -0.2) is 39.7 Å². The fraction of sp³-hybridized carbons (Fsp3) is 0.393. The van der Waals surface area contributed by atoms with E-state index in [1.54, 1.807) is 23.6 Å². The lowest BCUT2D eigenvalue weighted by atomic mass is 9.95. The molecule has 0 fully saturated rings. The number of nitrogens with one attached hydrogen (secondary N) is 1. The van der Waals surface area contributed by atoms with Crippen LogP contribution in [0.15, 0.2) is 58.9 Å². The Hall–Kier alpha value is -3.46. The standard InChI is InChI=1S/C28H34N4O4S/c1-7-14-37-28-30-27-29-19(5)24(26(33)36-17(2)3)25(32(27)31-28)20-12-13-22(23(15-20)34-6)35-16-21-11-9-8-10-18(21)4/h8-13,15,17,25H,7,14,16H2,1-6H3,(H,29,30,31). The van der Waals surface area contributed by atoms with Crippen LogP contribution < -0.4 is 14.8 Å². The van der Waals surface area contributed by atoms with Crippen molar-refractivity contribution in [1.29, 1.82) is 0 Å². The van der Waals surface area contributed by atoms with Gasteiger partial charge >= 0.3 is 5.97 Å². The molecular weight excluding hydrogens is 488 g/mol. The van der Waals surface area contributed by atoms with Crippen molar-refractivity contribution in [3.8, 4) is 11.5 Å². The highest BCUT2D eigenvalue weighted by molar-refractivity contribution is 7.99. The first-order valence-electron chi connectivity index (χ1n) is 12.5. The quantitative estimate of drug-likeness (QED) is 0.259. The average Bonchev–Trinajstić information content (AvgIpc) is 3.27. The van der Waals surface area contributed by atoms with E-state index in [0.29, 0.717) is 40.5 Å². The zero-order valence-corrected chi connectivity index (χ0v) is 23.0. The molecule has 2 heterocycles. The number of anilines is 1. The molecule has 1 N–H and O–H groups in total. The maximum absolute atomic E-state index is 13.3. The molecule has 1 aliphatic heterocycles. The fourth-order valence-electron chi connectivity index (χ4n) is 4.14. The maximum atomic E-state index is 13.3. The first-order valence-corrected chi connectivity index (χ1v) is 13.4. The van der Waals surface area contributed by atoms with E-state index >= 15 is 0 Å². The number of thioether (sulfide) groups is 1. The lowest BCUT2D eigenvalue weighted by Crippen LogP contribution is -2.30. The third kappa shape index (κ3) is 5.93. The van der Waals surface area contributed by atoms with Gasteiger partial charge in [0.25, 0.3) is 0 Å². The molecule has 0 aliphatic carbocycles. The second kappa shape index (κ2) is 11.7. The number of hydrogen-bond acceptors (Lipinski definition) is 8. The molecule has 1 atom stereocenters. The monoisotopic (exact) mass is 522 g/mol. The van der Waals surface area contributed by atoms with Crippen molar-refractivity contribution in [2.24, 2.45) is 0 Å². The van der Waals surface area contributed by atoms with Crippen molar-refractivity contribution in [2.45, 2.75) is 64.9 Å². The summed E-state index contributed by atoms with van der Waals surface area (Å²) in [7, 11) is 1.61. The molecule has 0 bridgehead atoms. The van der Waals surface area contributed by atoms with E-state index in [0.717, 1.165) is 28.9 Å². The number of aromatic nitrogens is 3. The van der Waals surface area contributed by atoms with Crippen molar-refractivity contribution in [2.75, 3.05) is 18.2 Å². The van der Waals surface area contributed by atoms with E-state index in [2.05, 4.69) is 30.2 Å². The number of esters is 1. The predicted molar refractivity (Wildman–Crippen MR) is 145 cm³/mol. The van der Waals surface area contributed by atoms with Gasteiger partial charge in [0.05, 0.1) is 18.8 Å². The minimum absolute atomic E-state index is 0.256. The van der Waals surface area contributed by atoms with E-state index in [9.17, 15) is 4.79 Å². The zero-order chi connectivity index (χ0) is 26.5. The summed E-state index contributed by atoms with van der Waals surface area (Å²) >= 11 is 1.59. The Morgan fingerprint density at radius 2 is 1.95 bits per heavy atom. The van der Waals surface area contributed by atoms with Crippen molar-refractivity contribution < 1.29 is 19.0 Å². The number of fused-ring (bicyclic) bond motifs is 1. The molecule has 4 rings (SSSR count). The Balaban J connectivity index is 1.72. The SMILES string of the molecule is CCCSc1nc2n(n1)C(c1ccc(OCc3ccccc3C)c(OC)c1)C(C(=O)OC(C)C)=C(C)N2. The highest BCUT2D eigenvalue weighted by Gasteiger charge is 2.36. The van der Waals surface area contributed by atoms with Crippen molar-refractivity contribution in [3.05, 3.63) is 70.4 Å². The predicted octanol–water partition coefficient (Wildman–Crippen LogP) is 5.92. The summed E-state index contributed by atoms with van der Waals surface area (Å²) in [6.07, 6.45) is 0.753. The number of methoxy groups -OCH3 is 1. The highest BCUT2D eigenvalue weighted by atomic mass is 32.2. The molecule has 0 radical (unpaired) electrons. The topological polar surface area (TPSA) is 87.5 Å². The molecule has 0 saturated carbocycles. The fourth-order valence-corrected chi connectivity index (χ4v) is 4.82. The molecule has 37 heavy (non-hydrogen) atoms. The van der Waals surface area contributed by atoms with E-state index in [4.69, 9.17) is 19.3 Å². The summed E-state index contributed by atoms with van der Waals surface area (Å²) in [5.41, 5.74) is 4.25. The van der Waals surface area contributed by atoms with Crippen molar-refractivity contribution in [1.82, 2.24) is 14.8 Å². The number of aryl methyl sites for hydroxylation is 1. The van der Waals surface area contributed by atoms with Gasteiger partial charge < -0.3 is 19.5 Å². The van der Waals surface area contributed by atoms with Gasteiger partial charge in [-0.25, -0.2) is 9.48 Å². The van der Waals surface area contributed by atoms with Gasteiger partial charge in [0.2, 0.25) is 11.1 Å². The van der Waals surface area contributed by atoms with E-state index < -0.39 is 12.0 Å². The second-order valence-electron chi connectivity index (χ2n) is 9.16. The minimum atomic E-state index is -0.537. The van der Waals surface area contributed by atoms with Crippen LogP contribution in [0.25, 0.3) is 0 Å². The Labute approximate surface area is 222 Å². The largest absolute Gasteiger partial charge is 0.493 e. The Kier molecular flexibility index (Phi) is 8.43. The van der Waals surface area contributed by atoms with Crippen LogP contribution in [-0.2, 0) is 16.1 Å². The first kappa shape index (κ1) is 26.6. The molecule has 2 aromatic carbocycles. The summed E-state index contributed by atoms with van der Waals surface area (Å²) in [5.74, 6) is 2.28. The molecule has 1 aliphatic rings. The molecule has 1 aromatic heterocycles. The summed E-state index contributed by atoms with van der Waals surface area (Å²) in [6, 6.07) is 13.3. The molecule has 8 nitrogen and oxygen atoms in total. The molecule has 196 valence electrons. The van der Waals surface area contributed by atoms with Crippen LogP contribution in [0.3, 0.4) is 0 Å². The van der Waals surface area contributed by atoms with E-state index in [1.165, 1.54) is 0 Å². The van der Waals surface area contributed by atoms with Crippen LogP contribution in [0.2, 0.25) is 0 Å². The van der Waals surface area contributed by atoms with Gasteiger partial charge in [0, 0.05) is 11.4 Å². The summed E-state index contributed by atoms with van der Waals surface area (Å²) in [5, 5.41) is 8.65. The summed E-state index contributed by atoms with van der Waals surface area (Å²) in [4.78, 5) is 17.9. The zero-order valence-electron chi connectivity index (χ0n) is 22.2. The molecule has 1 unspecified atom stereocenters. The number of carbonyl (C=O) groups is 1. The third-order valence-corrected chi connectivity index (χ3v) is 7.02. The van der Waals surface area contributed by atoms with Gasteiger partial charge in [-0.3, -0.25) is 0 Å². The maximum Gasteiger partial charge on any atom is 0.338 e. The van der Waals surface area contributed by atoms with Crippen LogP contribution in [0.5, 0.6) is 11.5 Å². The van der Waals surface area contributed by atoms with Crippen molar-refractivity contribution >= 4 is 23.7 Å². The van der Waals surface area contributed by atoms with Gasteiger partial charge in [-0.1, -0.05) is 49.0 Å². The first-order chi connectivity index (χ1) is 17.8. The lowest BCUT2D eigenvalue weighted by Gasteiger charge is -2.29. The van der Waals surface area contributed by atoms with Crippen molar-refractivity contribution in [3.63, 3.8) is 0 Å². The number of nitrogens with zero attached hydrogens (tertiary/aromatic N) is 3. The molecule has 0 spiro atoms. The number of allylic oxidation sites excluding steroid dienone is 1. The normalized spacial score (nSPS) is 14.8. The number of hydrogen-bond donors (Lipinski definition) is 1. The van der Waals surface area contributed by atoms with Crippen LogP contribution in [0.1, 0.15) is 56.8 Å². The number of carbonyl (C=O) groups excluding carboxylic acids is 1. The van der Waals surface area contributed by atoms with Crippen LogP contribution >= 0.6 is 11.8 Å². The molecule has 9 heteroatoms. The highest BCUT2D eigenvalue weighted by Crippen LogP contribution is 2.40.